The molecule has 0 amide bonds. The summed E-state index contributed by atoms with van der Waals surface area (Å²) in [4.78, 5) is 8.26. The van der Waals surface area contributed by atoms with E-state index in [4.69, 9.17) is 19.6 Å². The van der Waals surface area contributed by atoms with Crippen LogP contribution in [0, 0.1) is 0 Å². The normalized spacial score (nSPS) is 12.0. The molecule has 5 rings (SSSR count). The third-order valence-electron chi connectivity index (χ3n) is 6.00. The van der Waals surface area contributed by atoms with Crippen LogP contribution in [0.2, 0.25) is 25.7 Å². The number of H-pyrrole nitrogens is 1. The molecule has 3 aromatic carbocycles. The van der Waals surface area contributed by atoms with Crippen molar-refractivity contribution in [3.8, 4) is 28.4 Å². The Balaban J connectivity index is 1.55. The number of benzene rings is 3. The van der Waals surface area contributed by atoms with Gasteiger partial charge in [-0.15, -0.1) is 0 Å². The number of hydrogen-bond acceptors (Lipinski definition) is 4. The first kappa shape index (κ1) is 22.4. The van der Waals surface area contributed by atoms with Gasteiger partial charge >= 0.3 is 0 Å². The van der Waals surface area contributed by atoms with E-state index >= 15 is 0 Å². The molecule has 0 bridgehead atoms. The molecule has 0 aliphatic rings. The zero-order chi connectivity index (χ0) is 23.7. The number of rotatable bonds is 8. The number of hydrogen-bond donors (Lipinski definition) is 1. The summed E-state index contributed by atoms with van der Waals surface area (Å²) in [6.45, 7) is 8.25. The van der Waals surface area contributed by atoms with E-state index in [1.165, 1.54) is 0 Å². The molecule has 34 heavy (non-hydrogen) atoms. The van der Waals surface area contributed by atoms with Crippen LogP contribution in [-0.2, 0) is 11.5 Å². The molecule has 0 aliphatic carbocycles. The van der Waals surface area contributed by atoms with Gasteiger partial charge in [-0.3, -0.25) is 0 Å². The maximum absolute atomic E-state index is 6.04. The minimum Gasteiger partial charge on any atom is -0.497 e. The van der Waals surface area contributed by atoms with Crippen LogP contribution < -0.4 is 4.74 Å². The van der Waals surface area contributed by atoms with Crippen molar-refractivity contribution in [3.05, 3.63) is 66.7 Å². The molecule has 5 aromatic rings. The Morgan fingerprint density at radius 3 is 2.44 bits per heavy atom. The van der Waals surface area contributed by atoms with Gasteiger partial charge in [0.05, 0.1) is 23.7 Å². The first-order valence-electron chi connectivity index (χ1n) is 11.6. The number of methoxy groups -OCH3 is 1. The number of ether oxygens (including phenoxy) is 2. The molecule has 0 radical (unpaired) electrons. The third kappa shape index (κ3) is 4.62. The monoisotopic (exact) mass is 470 g/mol. The van der Waals surface area contributed by atoms with Crippen molar-refractivity contribution in [1.29, 1.82) is 0 Å². The minimum absolute atomic E-state index is 0.420. The number of nitrogens with zero attached hydrogens (tertiary/aromatic N) is 3. The van der Waals surface area contributed by atoms with E-state index in [1.807, 2.05) is 41.1 Å². The van der Waals surface area contributed by atoms with Crippen molar-refractivity contribution in [3.63, 3.8) is 0 Å². The second kappa shape index (κ2) is 9.08. The molecule has 0 aliphatic heterocycles. The summed E-state index contributed by atoms with van der Waals surface area (Å²) in [5.74, 6) is 1.61. The van der Waals surface area contributed by atoms with E-state index in [-0.39, 0.29) is 0 Å². The maximum atomic E-state index is 6.04. The zero-order valence-corrected chi connectivity index (χ0v) is 21.1. The summed E-state index contributed by atoms with van der Waals surface area (Å²) in [7, 11) is 0.535. The van der Waals surface area contributed by atoms with E-state index in [0.717, 1.165) is 63.0 Å². The molecule has 7 heteroatoms. The van der Waals surface area contributed by atoms with Gasteiger partial charge in [0, 0.05) is 20.1 Å². The van der Waals surface area contributed by atoms with Gasteiger partial charge < -0.3 is 14.5 Å². The second-order valence-electron chi connectivity index (χ2n) is 9.76. The lowest BCUT2D eigenvalue weighted by atomic mass is 10.0. The van der Waals surface area contributed by atoms with Crippen molar-refractivity contribution < 1.29 is 9.47 Å². The standard InChI is InChI=1S/C27H30N4O2Si/c1-32-21-12-9-19(10-13-21)20-11-14-25-22(17-20)26(27-28-23-7-5-6-8-24(23)29-27)30-31(25)18-33-15-16-34(2,3)4/h5-14,17H,15-16,18H2,1-4H3,(H,28,29). The number of aromatic amines is 1. The highest BCUT2D eigenvalue weighted by Crippen LogP contribution is 2.32. The predicted molar refractivity (Wildman–Crippen MR) is 141 cm³/mol. The molecule has 2 heterocycles. The van der Waals surface area contributed by atoms with Crippen LogP contribution in [0.1, 0.15) is 0 Å². The van der Waals surface area contributed by atoms with Gasteiger partial charge in [0.2, 0.25) is 0 Å². The Hall–Kier alpha value is -3.42. The number of aromatic nitrogens is 4. The van der Waals surface area contributed by atoms with Gasteiger partial charge in [-0.1, -0.05) is 50.0 Å². The van der Waals surface area contributed by atoms with Crippen molar-refractivity contribution >= 4 is 30.0 Å². The molecule has 2 aromatic heterocycles. The van der Waals surface area contributed by atoms with Crippen molar-refractivity contribution in [1.82, 2.24) is 19.7 Å². The molecule has 6 nitrogen and oxygen atoms in total. The predicted octanol–water partition coefficient (Wildman–Crippen LogP) is 6.57. The fourth-order valence-electron chi connectivity index (χ4n) is 4.01. The number of para-hydroxylation sites is 2. The Labute approximate surface area is 200 Å². The van der Waals surface area contributed by atoms with Crippen LogP contribution in [0.15, 0.2) is 66.7 Å². The Morgan fingerprint density at radius 1 is 0.941 bits per heavy atom. The zero-order valence-electron chi connectivity index (χ0n) is 20.1. The first-order valence-corrected chi connectivity index (χ1v) is 15.3. The van der Waals surface area contributed by atoms with Gasteiger partial charge in [-0.25, -0.2) is 9.67 Å². The van der Waals surface area contributed by atoms with Crippen LogP contribution >= 0.6 is 0 Å². The summed E-state index contributed by atoms with van der Waals surface area (Å²) in [6, 6.07) is 23.7. The summed E-state index contributed by atoms with van der Waals surface area (Å²) in [5, 5.41) is 5.98. The van der Waals surface area contributed by atoms with Crippen molar-refractivity contribution in [2.45, 2.75) is 32.4 Å². The fourth-order valence-corrected chi connectivity index (χ4v) is 4.77. The van der Waals surface area contributed by atoms with Crippen LogP contribution in [0.25, 0.3) is 44.6 Å². The lowest BCUT2D eigenvalue weighted by molar-refractivity contribution is 0.0818. The number of nitrogens with one attached hydrogen (secondary N) is 1. The fraction of sp³-hybridized carbons (Fsp3) is 0.259. The van der Waals surface area contributed by atoms with E-state index in [9.17, 15) is 0 Å². The molecule has 0 saturated heterocycles. The topological polar surface area (TPSA) is 65.0 Å². The molecule has 0 unspecified atom stereocenters. The number of fused-ring (bicyclic) bond motifs is 2. The van der Waals surface area contributed by atoms with E-state index in [1.54, 1.807) is 7.11 Å². The molecule has 0 saturated carbocycles. The van der Waals surface area contributed by atoms with E-state index in [0.29, 0.717) is 6.73 Å². The Bertz CT molecular complexity index is 1400. The van der Waals surface area contributed by atoms with Gasteiger partial charge in [0.25, 0.3) is 0 Å². The third-order valence-corrected chi connectivity index (χ3v) is 7.70. The SMILES string of the molecule is COc1ccc(-c2ccc3c(c2)c(-c2nc4ccccc4[nH]2)nn3COCC[Si](C)(C)C)cc1. The van der Waals surface area contributed by atoms with Gasteiger partial charge in [0.1, 0.15) is 18.2 Å². The lowest BCUT2D eigenvalue weighted by Gasteiger charge is -2.15. The van der Waals surface area contributed by atoms with Crippen LogP contribution in [0.3, 0.4) is 0 Å². The van der Waals surface area contributed by atoms with Crippen molar-refractivity contribution in [2.24, 2.45) is 0 Å². The quantitative estimate of drug-likeness (QED) is 0.206. The summed E-state index contributed by atoms with van der Waals surface area (Å²) < 4.78 is 13.3. The average Bonchev–Trinajstić information content (AvgIpc) is 3.42. The summed E-state index contributed by atoms with van der Waals surface area (Å²) >= 11 is 0. The van der Waals surface area contributed by atoms with Crippen molar-refractivity contribution in [2.75, 3.05) is 13.7 Å². The Kier molecular flexibility index (Phi) is 5.97. The molecule has 0 spiro atoms. The maximum Gasteiger partial charge on any atom is 0.159 e. The highest BCUT2D eigenvalue weighted by Gasteiger charge is 2.18. The van der Waals surface area contributed by atoms with Crippen LogP contribution in [0.4, 0.5) is 0 Å². The Morgan fingerprint density at radius 2 is 1.71 bits per heavy atom. The highest BCUT2D eigenvalue weighted by atomic mass is 28.3. The van der Waals surface area contributed by atoms with Gasteiger partial charge in [-0.2, -0.15) is 5.10 Å². The van der Waals surface area contributed by atoms with Crippen LogP contribution in [-0.4, -0.2) is 41.5 Å². The molecule has 174 valence electrons. The average molecular weight is 471 g/mol. The van der Waals surface area contributed by atoms with Gasteiger partial charge in [-0.05, 0) is 53.6 Å². The lowest BCUT2D eigenvalue weighted by Crippen LogP contribution is -2.22. The second-order valence-corrected chi connectivity index (χ2v) is 15.4. The number of imidazole rings is 1. The van der Waals surface area contributed by atoms with E-state index in [2.05, 4.69) is 55.0 Å². The first-order chi connectivity index (χ1) is 16.4. The minimum atomic E-state index is -1.15. The molecular formula is C27H30N4O2Si. The molecule has 0 atom stereocenters. The summed E-state index contributed by atoms with van der Waals surface area (Å²) in [5.41, 5.74) is 6.02. The molecular weight excluding hydrogens is 440 g/mol. The van der Waals surface area contributed by atoms with Gasteiger partial charge in [0.15, 0.2) is 5.82 Å². The van der Waals surface area contributed by atoms with E-state index < -0.39 is 8.07 Å². The van der Waals surface area contributed by atoms with Crippen LogP contribution in [0.5, 0.6) is 5.75 Å². The summed E-state index contributed by atoms with van der Waals surface area (Å²) in [6.07, 6.45) is 0. The smallest absolute Gasteiger partial charge is 0.159 e. The molecule has 1 N–H and O–H groups in total. The highest BCUT2D eigenvalue weighted by molar-refractivity contribution is 6.76. The molecule has 0 fully saturated rings. The largest absolute Gasteiger partial charge is 0.497 e.